The van der Waals surface area contributed by atoms with Crippen LogP contribution in [0.25, 0.3) is 0 Å². The van der Waals surface area contributed by atoms with Gasteiger partial charge in [0.1, 0.15) is 0 Å². The molecule has 1 aromatic heterocycles. The third kappa shape index (κ3) is 4.74. The molecule has 1 atom stereocenters. The summed E-state index contributed by atoms with van der Waals surface area (Å²) in [5.74, 6) is 0.933. The Morgan fingerprint density at radius 3 is 2.57 bits per heavy atom. The Bertz CT molecular complexity index is 793. The molecule has 1 aliphatic heterocycles. The van der Waals surface area contributed by atoms with E-state index in [1.165, 1.54) is 29.3 Å². The van der Waals surface area contributed by atoms with Crippen LogP contribution in [0, 0.1) is 12.8 Å². The Balaban J connectivity index is 1.23. The molecule has 2 aromatic rings. The summed E-state index contributed by atoms with van der Waals surface area (Å²) < 4.78 is 1.88. The smallest absolute Gasteiger partial charge is 0.235 e. The minimum atomic E-state index is -0.146. The lowest BCUT2D eigenvalue weighted by molar-refractivity contribution is -0.131. The van der Waals surface area contributed by atoms with Gasteiger partial charge in [0, 0.05) is 13.1 Å². The van der Waals surface area contributed by atoms with E-state index in [1.54, 1.807) is 0 Å². The van der Waals surface area contributed by atoms with Crippen LogP contribution in [0.3, 0.4) is 0 Å². The zero-order chi connectivity index (χ0) is 19.5. The molecule has 0 spiro atoms. The zero-order valence-electron chi connectivity index (χ0n) is 16.8. The van der Waals surface area contributed by atoms with Gasteiger partial charge in [-0.15, -0.1) is 5.10 Å². The van der Waals surface area contributed by atoms with Crippen LogP contribution in [0.2, 0.25) is 0 Å². The SMILES string of the molecule is Cc1ccc(CCC2CCN(C(=O)C(C)Sc3nnnn3C3CC3)CC2)cc1. The first kappa shape index (κ1) is 19.4. The van der Waals surface area contributed by atoms with E-state index in [0.717, 1.165) is 56.3 Å². The molecular weight excluding hydrogens is 370 g/mol. The molecule has 0 radical (unpaired) electrons. The highest BCUT2D eigenvalue weighted by molar-refractivity contribution is 8.00. The Morgan fingerprint density at radius 2 is 1.89 bits per heavy atom. The normalized spacial score (nSPS) is 19.0. The molecule has 1 unspecified atom stereocenters. The second-order valence-corrected chi connectivity index (χ2v) is 9.50. The highest BCUT2D eigenvalue weighted by Crippen LogP contribution is 2.37. The van der Waals surface area contributed by atoms with E-state index in [1.807, 2.05) is 16.5 Å². The lowest BCUT2D eigenvalue weighted by Crippen LogP contribution is -2.42. The number of hydrogen-bond acceptors (Lipinski definition) is 5. The number of nitrogens with zero attached hydrogens (tertiary/aromatic N) is 5. The van der Waals surface area contributed by atoms with Gasteiger partial charge >= 0.3 is 0 Å². The Hall–Kier alpha value is -1.89. The maximum atomic E-state index is 12.9. The van der Waals surface area contributed by atoms with Gasteiger partial charge in [-0.05, 0) is 74.3 Å². The highest BCUT2D eigenvalue weighted by atomic mass is 32.2. The molecule has 2 fully saturated rings. The van der Waals surface area contributed by atoms with Crippen molar-refractivity contribution in [1.29, 1.82) is 0 Å². The summed E-state index contributed by atoms with van der Waals surface area (Å²) in [6, 6.07) is 9.29. The number of benzene rings is 1. The predicted molar refractivity (Wildman–Crippen MR) is 110 cm³/mol. The van der Waals surface area contributed by atoms with Crippen molar-refractivity contribution in [3.05, 3.63) is 35.4 Å². The summed E-state index contributed by atoms with van der Waals surface area (Å²) in [4.78, 5) is 14.9. The number of rotatable bonds is 7. The number of hydrogen-bond donors (Lipinski definition) is 0. The standard InChI is InChI=1S/C21H29N5OS/c1-15-3-5-17(6-4-15)7-8-18-11-13-25(14-12-18)20(27)16(2)28-21-22-23-24-26(21)19-9-10-19/h3-6,16,18-19H,7-14H2,1-2H3. The van der Waals surface area contributed by atoms with Crippen molar-refractivity contribution in [3.8, 4) is 0 Å². The Morgan fingerprint density at radius 1 is 1.18 bits per heavy atom. The third-order valence-corrected chi connectivity index (χ3v) is 6.91. The summed E-state index contributed by atoms with van der Waals surface area (Å²) >= 11 is 1.49. The maximum absolute atomic E-state index is 12.9. The number of aryl methyl sites for hydroxylation is 2. The van der Waals surface area contributed by atoms with Crippen LogP contribution in [0.1, 0.15) is 56.2 Å². The Kier molecular flexibility index (Phi) is 5.99. The van der Waals surface area contributed by atoms with Crippen LogP contribution in [-0.4, -0.2) is 49.4 Å². The van der Waals surface area contributed by atoms with Crippen molar-refractivity contribution in [1.82, 2.24) is 25.1 Å². The molecule has 1 aromatic carbocycles. The van der Waals surface area contributed by atoms with Crippen LogP contribution in [0.5, 0.6) is 0 Å². The van der Waals surface area contributed by atoms with E-state index < -0.39 is 0 Å². The molecule has 1 amide bonds. The molecule has 2 aliphatic rings. The number of thioether (sulfide) groups is 1. The molecule has 7 heteroatoms. The maximum Gasteiger partial charge on any atom is 0.235 e. The first-order valence-electron chi connectivity index (χ1n) is 10.4. The molecule has 0 N–H and O–H groups in total. The number of tetrazole rings is 1. The molecule has 2 heterocycles. The molecule has 1 saturated carbocycles. The minimum absolute atomic E-state index is 0.146. The minimum Gasteiger partial charge on any atom is -0.342 e. The molecule has 150 valence electrons. The molecular formula is C21H29N5OS. The summed E-state index contributed by atoms with van der Waals surface area (Å²) in [6.45, 7) is 5.84. The average molecular weight is 400 g/mol. The van der Waals surface area contributed by atoms with Crippen LogP contribution < -0.4 is 0 Å². The van der Waals surface area contributed by atoms with Crippen molar-refractivity contribution in [2.24, 2.45) is 5.92 Å². The second-order valence-electron chi connectivity index (χ2n) is 8.19. The van der Waals surface area contributed by atoms with Crippen molar-refractivity contribution < 1.29 is 4.79 Å². The number of aromatic nitrogens is 4. The highest BCUT2D eigenvalue weighted by Gasteiger charge is 2.31. The Labute approximate surface area is 171 Å². The van der Waals surface area contributed by atoms with Gasteiger partial charge in [0.25, 0.3) is 0 Å². The molecule has 1 saturated heterocycles. The van der Waals surface area contributed by atoms with E-state index >= 15 is 0 Å². The van der Waals surface area contributed by atoms with Gasteiger partial charge < -0.3 is 4.90 Å². The topological polar surface area (TPSA) is 63.9 Å². The van der Waals surface area contributed by atoms with Crippen LogP contribution in [0.4, 0.5) is 0 Å². The second kappa shape index (κ2) is 8.64. The number of carbonyl (C=O) groups is 1. The van der Waals surface area contributed by atoms with Gasteiger partial charge in [-0.2, -0.15) is 0 Å². The number of amides is 1. The lowest BCUT2D eigenvalue weighted by Gasteiger charge is -2.33. The zero-order valence-corrected chi connectivity index (χ0v) is 17.6. The van der Waals surface area contributed by atoms with Crippen molar-refractivity contribution in [2.75, 3.05) is 13.1 Å². The van der Waals surface area contributed by atoms with E-state index in [-0.39, 0.29) is 11.2 Å². The van der Waals surface area contributed by atoms with Crippen LogP contribution >= 0.6 is 11.8 Å². The van der Waals surface area contributed by atoms with Crippen molar-refractivity contribution >= 4 is 17.7 Å². The number of likely N-dealkylation sites (tertiary alicyclic amines) is 1. The lowest BCUT2D eigenvalue weighted by atomic mass is 9.90. The van der Waals surface area contributed by atoms with E-state index in [9.17, 15) is 4.79 Å². The molecule has 1 aliphatic carbocycles. The summed E-state index contributed by atoms with van der Waals surface area (Å²) in [5, 5.41) is 12.6. The van der Waals surface area contributed by atoms with E-state index in [0.29, 0.717) is 6.04 Å². The average Bonchev–Trinajstić information content (AvgIpc) is 3.46. The van der Waals surface area contributed by atoms with Gasteiger partial charge in [-0.1, -0.05) is 41.6 Å². The largest absolute Gasteiger partial charge is 0.342 e. The first-order chi connectivity index (χ1) is 13.6. The number of piperidine rings is 1. The summed E-state index contributed by atoms with van der Waals surface area (Å²) in [6.07, 6.45) is 6.83. The van der Waals surface area contributed by atoms with Gasteiger partial charge in [-0.25, -0.2) is 4.68 Å². The quantitative estimate of drug-likeness (QED) is 0.665. The fourth-order valence-corrected chi connectivity index (χ4v) is 4.79. The molecule has 4 rings (SSSR count). The van der Waals surface area contributed by atoms with Gasteiger partial charge in [-0.3, -0.25) is 4.79 Å². The predicted octanol–water partition coefficient (Wildman–Crippen LogP) is 3.67. The summed E-state index contributed by atoms with van der Waals surface area (Å²) in [5.41, 5.74) is 2.73. The van der Waals surface area contributed by atoms with Gasteiger partial charge in [0.05, 0.1) is 11.3 Å². The third-order valence-electron chi connectivity index (χ3n) is 5.87. The van der Waals surface area contributed by atoms with Gasteiger partial charge in [0.15, 0.2) is 0 Å². The number of carbonyl (C=O) groups excluding carboxylic acids is 1. The fraction of sp³-hybridized carbons (Fsp3) is 0.619. The molecule has 28 heavy (non-hydrogen) atoms. The van der Waals surface area contributed by atoms with Crippen LogP contribution in [0.15, 0.2) is 29.4 Å². The monoisotopic (exact) mass is 399 g/mol. The van der Waals surface area contributed by atoms with Crippen molar-refractivity contribution in [2.45, 2.75) is 68.8 Å². The summed E-state index contributed by atoms with van der Waals surface area (Å²) in [7, 11) is 0. The van der Waals surface area contributed by atoms with Crippen LogP contribution in [-0.2, 0) is 11.2 Å². The molecule has 6 nitrogen and oxygen atoms in total. The van der Waals surface area contributed by atoms with E-state index in [4.69, 9.17) is 0 Å². The fourth-order valence-electron chi connectivity index (χ4n) is 3.84. The van der Waals surface area contributed by atoms with Crippen molar-refractivity contribution in [3.63, 3.8) is 0 Å². The molecule has 0 bridgehead atoms. The first-order valence-corrected chi connectivity index (χ1v) is 11.3. The van der Waals surface area contributed by atoms with E-state index in [2.05, 4.69) is 46.7 Å². The van der Waals surface area contributed by atoms with Gasteiger partial charge in [0.2, 0.25) is 11.1 Å².